The fourth-order valence-electron chi connectivity index (χ4n) is 3.69. The highest BCUT2D eigenvalue weighted by Gasteiger charge is 2.35. The van der Waals surface area contributed by atoms with E-state index in [2.05, 4.69) is 12.2 Å². The van der Waals surface area contributed by atoms with Crippen molar-refractivity contribution in [3.63, 3.8) is 0 Å². The van der Waals surface area contributed by atoms with Crippen molar-refractivity contribution in [1.82, 2.24) is 5.32 Å². The summed E-state index contributed by atoms with van der Waals surface area (Å²) in [7, 11) is 0. The zero-order valence-electron chi connectivity index (χ0n) is 11.7. The number of rotatable bonds is 4. The van der Waals surface area contributed by atoms with Crippen LogP contribution in [0, 0.1) is 17.3 Å². The van der Waals surface area contributed by atoms with Gasteiger partial charge in [-0.1, -0.05) is 32.6 Å². The lowest BCUT2D eigenvalue weighted by Gasteiger charge is -2.32. The van der Waals surface area contributed by atoms with Crippen LogP contribution in [0.1, 0.15) is 58.3 Å². The Bertz CT molecular complexity index is 284. The Hall–Kier alpha value is -0.570. The molecule has 0 aromatic heterocycles. The van der Waals surface area contributed by atoms with Gasteiger partial charge < -0.3 is 11.1 Å². The van der Waals surface area contributed by atoms with Gasteiger partial charge in [-0.25, -0.2) is 0 Å². The van der Waals surface area contributed by atoms with Crippen LogP contribution in [0.25, 0.3) is 0 Å². The Kier molecular flexibility index (Phi) is 4.66. The molecule has 2 rings (SSSR count). The summed E-state index contributed by atoms with van der Waals surface area (Å²) >= 11 is 0. The second-order valence-corrected chi connectivity index (χ2v) is 6.52. The Morgan fingerprint density at radius 2 is 1.83 bits per heavy atom. The van der Waals surface area contributed by atoms with Crippen LogP contribution in [0.5, 0.6) is 0 Å². The van der Waals surface area contributed by atoms with Gasteiger partial charge in [-0.3, -0.25) is 4.79 Å². The van der Waals surface area contributed by atoms with Gasteiger partial charge in [0, 0.05) is 12.0 Å². The Balaban J connectivity index is 1.80. The van der Waals surface area contributed by atoms with Crippen molar-refractivity contribution >= 4 is 5.91 Å². The lowest BCUT2D eigenvalue weighted by Crippen LogP contribution is -2.43. The first kappa shape index (κ1) is 13.9. The molecule has 3 nitrogen and oxygen atoms in total. The first-order valence-corrected chi connectivity index (χ1v) is 7.64. The monoisotopic (exact) mass is 252 g/mol. The van der Waals surface area contributed by atoms with E-state index in [1.807, 2.05) is 0 Å². The molecule has 0 aliphatic heterocycles. The molecule has 2 aliphatic rings. The van der Waals surface area contributed by atoms with E-state index in [1.165, 1.54) is 38.5 Å². The molecule has 1 amide bonds. The predicted octanol–water partition coefficient (Wildman–Crippen LogP) is 2.45. The third-order valence-electron chi connectivity index (χ3n) is 5.15. The topological polar surface area (TPSA) is 55.1 Å². The van der Waals surface area contributed by atoms with E-state index in [0.29, 0.717) is 11.8 Å². The summed E-state index contributed by atoms with van der Waals surface area (Å²) in [5, 5.41) is 3.20. The maximum absolute atomic E-state index is 12.3. The molecule has 2 aliphatic carbocycles. The average Bonchev–Trinajstić information content (AvgIpc) is 2.84. The van der Waals surface area contributed by atoms with Crippen LogP contribution in [0.2, 0.25) is 0 Å². The van der Waals surface area contributed by atoms with Gasteiger partial charge in [0.2, 0.25) is 5.91 Å². The molecule has 3 N–H and O–H groups in total. The summed E-state index contributed by atoms with van der Waals surface area (Å²) < 4.78 is 0. The van der Waals surface area contributed by atoms with Gasteiger partial charge in [0.25, 0.3) is 0 Å². The van der Waals surface area contributed by atoms with Gasteiger partial charge in [0.1, 0.15) is 0 Å². The van der Waals surface area contributed by atoms with Crippen LogP contribution in [0.4, 0.5) is 0 Å². The third-order valence-corrected chi connectivity index (χ3v) is 5.15. The lowest BCUT2D eigenvalue weighted by atomic mass is 9.75. The van der Waals surface area contributed by atoms with E-state index < -0.39 is 0 Å². The number of amides is 1. The first-order chi connectivity index (χ1) is 8.65. The molecule has 0 radical (unpaired) electrons. The number of nitrogens with two attached hydrogens (primary N) is 1. The standard InChI is InChI=1S/C15H28N2O/c1-15(8-3-2-4-9-15)14(18)17-11-13-7-5-6-12(13)10-16/h12-13H,2-11,16H2,1H3,(H,17,18). The van der Waals surface area contributed by atoms with Crippen molar-refractivity contribution in [1.29, 1.82) is 0 Å². The van der Waals surface area contributed by atoms with Crippen molar-refractivity contribution in [2.45, 2.75) is 58.3 Å². The minimum Gasteiger partial charge on any atom is -0.355 e. The van der Waals surface area contributed by atoms with Crippen LogP contribution in [-0.4, -0.2) is 19.0 Å². The fourth-order valence-corrected chi connectivity index (χ4v) is 3.69. The van der Waals surface area contributed by atoms with Gasteiger partial charge in [0.15, 0.2) is 0 Å². The number of nitrogens with one attached hydrogen (secondary N) is 1. The smallest absolute Gasteiger partial charge is 0.225 e. The third kappa shape index (κ3) is 3.05. The molecular formula is C15H28N2O. The van der Waals surface area contributed by atoms with Gasteiger partial charge >= 0.3 is 0 Å². The van der Waals surface area contributed by atoms with Crippen LogP contribution >= 0.6 is 0 Å². The first-order valence-electron chi connectivity index (χ1n) is 7.64. The number of hydrogen-bond acceptors (Lipinski definition) is 2. The van der Waals surface area contributed by atoms with E-state index in [1.54, 1.807) is 0 Å². The quantitative estimate of drug-likeness (QED) is 0.807. The molecule has 2 unspecified atom stereocenters. The number of carbonyl (C=O) groups excluding carboxylic acids is 1. The summed E-state index contributed by atoms with van der Waals surface area (Å²) in [5.41, 5.74) is 5.68. The van der Waals surface area contributed by atoms with Crippen molar-refractivity contribution in [2.75, 3.05) is 13.1 Å². The van der Waals surface area contributed by atoms with Gasteiger partial charge in [-0.2, -0.15) is 0 Å². The second-order valence-electron chi connectivity index (χ2n) is 6.52. The molecule has 0 aromatic rings. The van der Waals surface area contributed by atoms with E-state index >= 15 is 0 Å². The predicted molar refractivity (Wildman–Crippen MR) is 74.1 cm³/mol. The zero-order valence-corrected chi connectivity index (χ0v) is 11.7. The summed E-state index contributed by atoms with van der Waals surface area (Å²) in [4.78, 5) is 12.3. The zero-order chi connectivity index (χ0) is 13.0. The molecule has 0 aromatic carbocycles. The highest BCUT2D eigenvalue weighted by molar-refractivity contribution is 5.82. The summed E-state index contributed by atoms with van der Waals surface area (Å²) in [6.45, 7) is 3.75. The highest BCUT2D eigenvalue weighted by atomic mass is 16.2. The maximum atomic E-state index is 12.3. The normalized spacial score (nSPS) is 31.2. The van der Waals surface area contributed by atoms with E-state index in [4.69, 9.17) is 5.73 Å². The largest absolute Gasteiger partial charge is 0.355 e. The highest BCUT2D eigenvalue weighted by Crippen LogP contribution is 2.36. The Morgan fingerprint density at radius 3 is 2.50 bits per heavy atom. The molecular weight excluding hydrogens is 224 g/mol. The summed E-state index contributed by atoms with van der Waals surface area (Å²) in [5.74, 6) is 1.53. The molecule has 0 bridgehead atoms. The molecule has 18 heavy (non-hydrogen) atoms. The van der Waals surface area contributed by atoms with E-state index in [9.17, 15) is 4.79 Å². The van der Waals surface area contributed by atoms with E-state index in [-0.39, 0.29) is 11.3 Å². The minimum atomic E-state index is -0.102. The van der Waals surface area contributed by atoms with E-state index in [0.717, 1.165) is 25.9 Å². The van der Waals surface area contributed by atoms with Crippen LogP contribution in [0.3, 0.4) is 0 Å². The van der Waals surface area contributed by atoms with Gasteiger partial charge in [-0.15, -0.1) is 0 Å². The molecule has 0 heterocycles. The molecule has 2 fully saturated rings. The molecule has 2 atom stereocenters. The van der Waals surface area contributed by atoms with Crippen molar-refractivity contribution in [3.05, 3.63) is 0 Å². The molecule has 104 valence electrons. The maximum Gasteiger partial charge on any atom is 0.225 e. The molecule has 2 saturated carbocycles. The Morgan fingerprint density at radius 1 is 1.17 bits per heavy atom. The average molecular weight is 252 g/mol. The van der Waals surface area contributed by atoms with Gasteiger partial charge in [0.05, 0.1) is 0 Å². The molecule has 0 saturated heterocycles. The minimum absolute atomic E-state index is 0.102. The van der Waals surface area contributed by atoms with Crippen LogP contribution in [0.15, 0.2) is 0 Å². The number of carbonyl (C=O) groups is 1. The molecule has 3 heteroatoms. The summed E-state index contributed by atoms with van der Waals surface area (Å²) in [6.07, 6.45) is 9.58. The van der Waals surface area contributed by atoms with Crippen molar-refractivity contribution in [2.24, 2.45) is 23.0 Å². The molecule has 0 spiro atoms. The van der Waals surface area contributed by atoms with Crippen LogP contribution < -0.4 is 11.1 Å². The van der Waals surface area contributed by atoms with Crippen molar-refractivity contribution in [3.8, 4) is 0 Å². The fraction of sp³-hybridized carbons (Fsp3) is 0.933. The van der Waals surface area contributed by atoms with Crippen molar-refractivity contribution < 1.29 is 4.79 Å². The summed E-state index contributed by atoms with van der Waals surface area (Å²) in [6, 6.07) is 0. The number of hydrogen-bond donors (Lipinski definition) is 2. The SMILES string of the molecule is CC1(C(=O)NCC2CCCC2CN)CCCCC1. The van der Waals surface area contributed by atoms with Crippen LogP contribution in [-0.2, 0) is 4.79 Å². The van der Waals surface area contributed by atoms with Gasteiger partial charge in [-0.05, 0) is 44.1 Å². The second kappa shape index (κ2) is 6.05. The Labute approximate surface area is 111 Å². The lowest BCUT2D eigenvalue weighted by molar-refractivity contribution is -0.132.